The Bertz CT molecular complexity index is 1070. The number of amides is 1. The van der Waals surface area contributed by atoms with Crippen LogP contribution < -0.4 is 0 Å². The number of carbonyl (C=O) groups is 1. The number of hydrogen-bond acceptors (Lipinski definition) is 3. The van der Waals surface area contributed by atoms with E-state index in [1.165, 1.54) is 6.26 Å². The molecule has 1 unspecified atom stereocenters. The number of para-hydroxylation sites is 1. The van der Waals surface area contributed by atoms with E-state index in [2.05, 4.69) is 20.9 Å². The Hall–Kier alpha value is -2.12. The molecule has 0 saturated heterocycles. The lowest BCUT2D eigenvalue weighted by atomic mass is 10.1. The topological polar surface area (TPSA) is 70.2 Å². The first-order chi connectivity index (χ1) is 12.2. The molecule has 2 aromatic carbocycles. The normalized spacial score (nSPS) is 12.9. The van der Waals surface area contributed by atoms with Crippen LogP contribution in [0.5, 0.6) is 0 Å². The summed E-state index contributed by atoms with van der Waals surface area (Å²) >= 11 is 3.51. The fourth-order valence-corrected chi connectivity index (χ4v) is 4.07. The van der Waals surface area contributed by atoms with Gasteiger partial charge in [0.2, 0.25) is 0 Å². The first kappa shape index (κ1) is 18.7. The van der Waals surface area contributed by atoms with Crippen molar-refractivity contribution in [2.75, 3.05) is 13.3 Å². The summed E-state index contributed by atoms with van der Waals surface area (Å²) in [4.78, 5) is 18.0. The lowest BCUT2D eigenvalue weighted by Crippen LogP contribution is -2.30. The van der Waals surface area contributed by atoms with E-state index in [1.807, 2.05) is 31.2 Å². The van der Waals surface area contributed by atoms with Gasteiger partial charge >= 0.3 is 0 Å². The van der Waals surface area contributed by atoms with Crippen LogP contribution in [-0.4, -0.2) is 37.5 Å². The number of hydrogen-bond donors (Lipinski definition) is 1. The number of nitrogens with zero attached hydrogens (tertiary/aromatic N) is 1. The number of carbonyl (C=O) groups excluding carboxylic acids is 1. The molecule has 0 saturated carbocycles. The van der Waals surface area contributed by atoms with E-state index in [0.717, 1.165) is 20.9 Å². The van der Waals surface area contributed by atoms with Crippen LogP contribution in [0.2, 0.25) is 0 Å². The van der Waals surface area contributed by atoms with Gasteiger partial charge in [-0.25, -0.2) is 8.42 Å². The van der Waals surface area contributed by atoms with E-state index >= 15 is 0 Å². The van der Waals surface area contributed by atoms with Crippen LogP contribution >= 0.6 is 15.9 Å². The molecule has 0 fully saturated rings. The van der Waals surface area contributed by atoms with Crippen molar-refractivity contribution in [1.82, 2.24) is 9.88 Å². The molecular formula is C19H19BrN2O3S. The molecule has 3 aromatic rings. The zero-order valence-electron chi connectivity index (χ0n) is 14.7. The molecule has 0 aliphatic carbocycles. The molecule has 7 heteroatoms. The van der Waals surface area contributed by atoms with Gasteiger partial charge in [-0.3, -0.25) is 4.79 Å². The number of nitrogens with one attached hydrogen (secondary N) is 1. The van der Waals surface area contributed by atoms with Crippen LogP contribution in [0.4, 0.5) is 0 Å². The first-order valence-corrected chi connectivity index (χ1v) is 10.7. The first-order valence-electron chi connectivity index (χ1n) is 8.03. The Labute approximate surface area is 161 Å². The minimum absolute atomic E-state index is 0.146. The summed E-state index contributed by atoms with van der Waals surface area (Å²) in [5, 5.41) is 0.953. The lowest BCUT2D eigenvalue weighted by Gasteiger charge is -2.25. The average Bonchev–Trinajstić information content (AvgIpc) is 2.96. The molecule has 0 aliphatic heterocycles. The molecular weight excluding hydrogens is 416 g/mol. The van der Waals surface area contributed by atoms with Gasteiger partial charge in [-0.2, -0.15) is 0 Å². The van der Waals surface area contributed by atoms with Gasteiger partial charge in [0, 0.05) is 24.2 Å². The fourth-order valence-electron chi connectivity index (χ4n) is 2.82. The summed E-state index contributed by atoms with van der Waals surface area (Å²) in [6.45, 7) is 1.91. The number of fused-ring (bicyclic) bond motifs is 1. The smallest absolute Gasteiger partial charge is 0.271 e. The fraction of sp³-hybridized carbons (Fsp3) is 0.211. The van der Waals surface area contributed by atoms with Crippen LogP contribution in [0.1, 0.15) is 29.0 Å². The van der Waals surface area contributed by atoms with Gasteiger partial charge in [-0.15, -0.1) is 0 Å². The summed E-state index contributed by atoms with van der Waals surface area (Å²) in [6, 6.07) is 14.1. The van der Waals surface area contributed by atoms with Gasteiger partial charge in [0.25, 0.3) is 5.91 Å². The second kappa shape index (κ2) is 6.89. The van der Waals surface area contributed by atoms with Crippen molar-refractivity contribution in [2.45, 2.75) is 17.9 Å². The predicted octanol–water partition coefficient (Wildman–Crippen LogP) is 4.17. The summed E-state index contributed by atoms with van der Waals surface area (Å²) in [6.07, 6.45) is 1.18. The van der Waals surface area contributed by atoms with Crippen LogP contribution in [0.15, 0.2) is 57.9 Å². The van der Waals surface area contributed by atoms with Gasteiger partial charge in [-0.1, -0.05) is 30.3 Å². The van der Waals surface area contributed by atoms with E-state index in [0.29, 0.717) is 5.69 Å². The Balaban J connectivity index is 1.88. The van der Waals surface area contributed by atoms with Crippen LogP contribution in [0.25, 0.3) is 10.9 Å². The molecule has 26 heavy (non-hydrogen) atoms. The van der Waals surface area contributed by atoms with Crippen molar-refractivity contribution < 1.29 is 13.2 Å². The Morgan fingerprint density at radius 2 is 1.73 bits per heavy atom. The van der Waals surface area contributed by atoms with E-state index in [4.69, 9.17) is 0 Å². The van der Waals surface area contributed by atoms with Gasteiger partial charge in [0.15, 0.2) is 9.84 Å². The summed E-state index contributed by atoms with van der Waals surface area (Å²) in [7, 11) is -1.51. The van der Waals surface area contributed by atoms with Crippen LogP contribution in [0.3, 0.4) is 0 Å². The summed E-state index contributed by atoms with van der Waals surface area (Å²) in [5.41, 5.74) is 2.25. The van der Waals surface area contributed by atoms with Gasteiger partial charge < -0.3 is 9.88 Å². The maximum absolute atomic E-state index is 12.9. The standard InChI is InChI=1S/C19H19BrN2O3S/c1-12(13-8-10-14(11-9-13)26(3,24)25)22(2)19(23)18-17(20)15-6-4-5-7-16(15)21-18/h4-12,21H,1-3H3. The summed E-state index contributed by atoms with van der Waals surface area (Å²) in [5.74, 6) is -0.146. The lowest BCUT2D eigenvalue weighted by molar-refractivity contribution is 0.0736. The zero-order chi connectivity index (χ0) is 19.1. The molecule has 1 atom stereocenters. The maximum atomic E-state index is 12.9. The van der Waals surface area contributed by atoms with E-state index < -0.39 is 9.84 Å². The molecule has 1 aromatic heterocycles. The van der Waals surface area contributed by atoms with E-state index in [-0.39, 0.29) is 16.8 Å². The highest BCUT2D eigenvalue weighted by Gasteiger charge is 2.23. The number of halogens is 1. The molecule has 1 N–H and O–H groups in total. The maximum Gasteiger partial charge on any atom is 0.271 e. The van der Waals surface area contributed by atoms with Crippen molar-refractivity contribution >= 4 is 42.6 Å². The highest BCUT2D eigenvalue weighted by atomic mass is 79.9. The minimum atomic E-state index is -3.24. The molecule has 3 rings (SSSR count). The quantitative estimate of drug-likeness (QED) is 0.669. The van der Waals surface area contributed by atoms with Crippen molar-refractivity contribution in [2.24, 2.45) is 0 Å². The van der Waals surface area contributed by atoms with E-state index in [9.17, 15) is 13.2 Å². The average molecular weight is 435 g/mol. The highest BCUT2D eigenvalue weighted by molar-refractivity contribution is 9.10. The largest absolute Gasteiger partial charge is 0.350 e. The number of H-pyrrole nitrogens is 1. The molecule has 0 spiro atoms. The van der Waals surface area contributed by atoms with Gasteiger partial charge in [-0.05, 0) is 46.6 Å². The number of sulfone groups is 1. The number of rotatable bonds is 4. The van der Waals surface area contributed by atoms with Crippen LogP contribution in [-0.2, 0) is 9.84 Å². The van der Waals surface area contributed by atoms with Gasteiger partial charge in [0.05, 0.1) is 15.4 Å². The molecule has 136 valence electrons. The third-order valence-electron chi connectivity index (χ3n) is 4.55. The summed E-state index contributed by atoms with van der Waals surface area (Å²) < 4.78 is 23.9. The molecule has 0 aliphatic rings. The van der Waals surface area contributed by atoms with Crippen LogP contribution in [0, 0.1) is 0 Å². The van der Waals surface area contributed by atoms with Crippen molar-refractivity contribution in [3.8, 4) is 0 Å². The number of aromatic nitrogens is 1. The Kier molecular flexibility index (Phi) is 4.94. The minimum Gasteiger partial charge on any atom is -0.350 e. The van der Waals surface area contributed by atoms with Gasteiger partial charge in [0.1, 0.15) is 5.69 Å². The van der Waals surface area contributed by atoms with E-state index in [1.54, 1.807) is 36.2 Å². The third-order valence-corrected chi connectivity index (χ3v) is 6.50. The Morgan fingerprint density at radius 3 is 2.31 bits per heavy atom. The Morgan fingerprint density at radius 1 is 1.12 bits per heavy atom. The monoisotopic (exact) mass is 434 g/mol. The molecule has 1 amide bonds. The highest BCUT2D eigenvalue weighted by Crippen LogP contribution is 2.30. The molecule has 0 radical (unpaired) electrons. The zero-order valence-corrected chi connectivity index (χ0v) is 17.1. The predicted molar refractivity (Wildman–Crippen MR) is 106 cm³/mol. The van der Waals surface area contributed by atoms with Crippen molar-refractivity contribution in [1.29, 1.82) is 0 Å². The van der Waals surface area contributed by atoms with Crippen molar-refractivity contribution in [3.63, 3.8) is 0 Å². The molecule has 1 heterocycles. The SMILES string of the molecule is CC(c1ccc(S(C)(=O)=O)cc1)N(C)C(=O)c1[nH]c2ccccc2c1Br. The molecule has 0 bridgehead atoms. The number of benzene rings is 2. The second-order valence-corrected chi connectivity index (χ2v) is 9.10. The van der Waals surface area contributed by atoms with Crippen molar-refractivity contribution in [3.05, 3.63) is 64.3 Å². The second-order valence-electron chi connectivity index (χ2n) is 6.29. The third kappa shape index (κ3) is 3.41. The number of aromatic amines is 1. The molecule has 5 nitrogen and oxygen atoms in total.